The van der Waals surface area contributed by atoms with Gasteiger partial charge in [0.25, 0.3) is 5.91 Å². The van der Waals surface area contributed by atoms with E-state index in [-0.39, 0.29) is 41.7 Å². The maximum Gasteiger partial charge on any atom is 0.251 e. The van der Waals surface area contributed by atoms with Crippen molar-refractivity contribution < 1.29 is 18.7 Å². The summed E-state index contributed by atoms with van der Waals surface area (Å²) >= 11 is 11.9. The van der Waals surface area contributed by atoms with Crippen LogP contribution in [0.3, 0.4) is 0 Å². The van der Waals surface area contributed by atoms with E-state index >= 15 is 0 Å². The van der Waals surface area contributed by atoms with Crippen LogP contribution in [0.25, 0.3) is 0 Å². The van der Waals surface area contributed by atoms with Crippen LogP contribution in [-0.4, -0.2) is 47.5 Å². The highest BCUT2D eigenvalue weighted by atomic mass is 35.5. The van der Waals surface area contributed by atoms with Crippen LogP contribution in [0.4, 0.5) is 10.2 Å². The van der Waals surface area contributed by atoms with Crippen LogP contribution in [0.15, 0.2) is 30.5 Å². The molecular weight excluding hydrogens is 420 g/mol. The lowest BCUT2D eigenvalue weighted by Gasteiger charge is -2.45. The third-order valence-electron chi connectivity index (χ3n) is 5.20. The Morgan fingerprint density at radius 2 is 2.00 bits per heavy atom. The average Bonchev–Trinajstić information content (AvgIpc) is 2.62. The van der Waals surface area contributed by atoms with Crippen molar-refractivity contribution in [2.45, 2.75) is 19.5 Å². The second-order valence-electron chi connectivity index (χ2n) is 7.23. The summed E-state index contributed by atoms with van der Waals surface area (Å²) in [5, 5.41) is 0.750. The summed E-state index contributed by atoms with van der Waals surface area (Å²) in [5.41, 5.74) is 1.75. The number of halogens is 3. The van der Waals surface area contributed by atoms with Crippen molar-refractivity contribution in [1.29, 1.82) is 0 Å². The van der Waals surface area contributed by atoms with Gasteiger partial charge in [-0.1, -0.05) is 35.3 Å². The minimum absolute atomic E-state index is 0.116. The third-order valence-corrected chi connectivity index (χ3v) is 5.83. The van der Waals surface area contributed by atoms with E-state index in [0.29, 0.717) is 18.2 Å². The molecule has 2 saturated heterocycles. The van der Waals surface area contributed by atoms with Gasteiger partial charge in [0.1, 0.15) is 12.6 Å². The molecule has 1 aromatic heterocycles. The Morgan fingerprint density at radius 3 is 2.62 bits per heavy atom. The summed E-state index contributed by atoms with van der Waals surface area (Å²) in [5.74, 6) is -1.76. The Balaban J connectivity index is 1.66. The largest absolute Gasteiger partial charge is 0.380 e. The summed E-state index contributed by atoms with van der Waals surface area (Å²) in [7, 11) is 0. The van der Waals surface area contributed by atoms with Crippen LogP contribution in [0.2, 0.25) is 10.0 Å². The normalized spacial score (nSPS) is 20.2. The molecule has 1 aromatic carbocycles. The van der Waals surface area contributed by atoms with Crippen molar-refractivity contribution >= 4 is 40.8 Å². The first-order chi connectivity index (χ1) is 13.8. The number of amides is 2. The molecule has 1 atom stereocenters. The lowest BCUT2D eigenvalue weighted by molar-refractivity contribution is -0.155. The maximum absolute atomic E-state index is 14.4. The quantitative estimate of drug-likeness (QED) is 0.736. The van der Waals surface area contributed by atoms with Gasteiger partial charge >= 0.3 is 0 Å². The number of ether oxygens (including phenoxy) is 1. The molecule has 0 N–H and O–H groups in total. The molecule has 6 nitrogen and oxygen atoms in total. The van der Waals surface area contributed by atoms with Gasteiger partial charge in [-0.05, 0) is 30.2 Å². The number of hydrogen-bond donors (Lipinski definition) is 0. The zero-order valence-corrected chi connectivity index (χ0v) is 17.1. The second-order valence-corrected chi connectivity index (χ2v) is 8.07. The average molecular weight is 438 g/mol. The first kappa shape index (κ1) is 20.1. The molecule has 0 unspecified atom stereocenters. The Kier molecular flexibility index (Phi) is 5.46. The highest BCUT2D eigenvalue weighted by molar-refractivity contribution is 6.31. The van der Waals surface area contributed by atoms with E-state index in [4.69, 9.17) is 27.9 Å². The van der Waals surface area contributed by atoms with E-state index in [1.54, 1.807) is 11.0 Å². The fourth-order valence-corrected chi connectivity index (χ4v) is 3.88. The van der Waals surface area contributed by atoms with E-state index in [2.05, 4.69) is 4.98 Å². The molecule has 2 aliphatic rings. The van der Waals surface area contributed by atoms with Gasteiger partial charge in [-0.2, -0.15) is 0 Å². The Bertz CT molecular complexity index is 983. The number of piperazine rings is 1. The molecule has 29 heavy (non-hydrogen) atoms. The van der Waals surface area contributed by atoms with Gasteiger partial charge in [0.15, 0.2) is 11.6 Å². The van der Waals surface area contributed by atoms with Crippen molar-refractivity contribution in [3.8, 4) is 0 Å². The molecule has 2 aliphatic heterocycles. The van der Waals surface area contributed by atoms with Gasteiger partial charge < -0.3 is 9.64 Å². The first-order valence-electron chi connectivity index (χ1n) is 9.10. The highest BCUT2D eigenvalue weighted by Crippen LogP contribution is 2.31. The van der Waals surface area contributed by atoms with Gasteiger partial charge in [-0.15, -0.1) is 0 Å². The van der Waals surface area contributed by atoms with Crippen LogP contribution < -0.4 is 4.90 Å². The standard InChI is InChI=1S/C20H18Cl2FN3O3/c1-11-4-12(2-3-15(11)22)7-25-17(27)8-26(19-16(23)5-14(21)6-24-19)20(28)18(25)13-9-29-10-13/h2-6,13,18H,7-10H2,1H3/t18-/m0/s1. The second kappa shape index (κ2) is 7.89. The number of nitrogens with zero attached hydrogens (tertiary/aromatic N) is 3. The van der Waals surface area contributed by atoms with Crippen molar-refractivity contribution in [2.24, 2.45) is 5.92 Å². The minimum Gasteiger partial charge on any atom is -0.380 e. The molecule has 2 aromatic rings. The smallest absolute Gasteiger partial charge is 0.251 e. The van der Waals surface area contributed by atoms with Gasteiger partial charge in [-0.25, -0.2) is 9.37 Å². The molecule has 4 rings (SSSR count). The van der Waals surface area contributed by atoms with E-state index in [9.17, 15) is 14.0 Å². The van der Waals surface area contributed by atoms with E-state index in [1.807, 2.05) is 19.1 Å². The number of carbonyl (C=O) groups excluding carboxylic acids is 2. The molecule has 0 saturated carbocycles. The maximum atomic E-state index is 14.4. The van der Waals surface area contributed by atoms with Crippen molar-refractivity contribution in [2.75, 3.05) is 24.7 Å². The Morgan fingerprint density at radius 1 is 1.24 bits per heavy atom. The highest BCUT2D eigenvalue weighted by Gasteiger charge is 2.47. The summed E-state index contributed by atoms with van der Waals surface area (Å²) in [6.07, 6.45) is 1.25. The number of pyridine rings is 1. The predicted molar refractivity (Wildman–Crippen MR) is 106 cm³/mol. The predicted octanol–water partition coefficient (Wildman–Crippen LogP) is 3.23. The fraction of sp³-hybridized carbons (Fsp3) is 0.350. The van der Waals surface area contributed by atoms with E-state index in [1.165, 1.54) is 6.20 Å². The van der Waals surface area contributed by atoms with Gasteiger partial charge in [0.2, 0.25) is 5.91 Å². The zero-order valence-electron chi connectivity index (χ0n) is 15.6. The van der Waals surface area contributed by atoms with Crippen molar-refractivity contribution in [3.05, 3.63) is 57.5 Å². The minimum atomic E-state index is -0.752. The third kappa shape index (κ3) is 3.82. The number of benzene rings is 1. The van der Waals surface area contributed by atoms with Gasteiger partial charge in [0, 0.05) is 23.7 Å². The zero-order chi connectivity index (χ0) is 20.7. The molecule has 0 bridgehead atoms. The monoisotopic (exact) mass is 437 g/mol. The number of hydrogen-bond acceptors (Lipinski definition) is 4. The van der Waals surface area contributed by atoms with Crippen LogP contribution in [0, 0.1) is 18.7 Å². The van der Waals surface area contributed by atoms with E-state index < -0.39 is 11.9 Å². The number of aryl methyl sites for hydroxylation is 1. The fourth-order valence-electron chi connectivity index (χ4n) is 3.62. The molecule has 152 valence electrons. The molecule has 9 heteroatoms. The molecule has 0 radical (unpaired) electrons. The SMILES string of the molecule is Cc1cc(CN2C(=O)CN(c3ncc(Cl)cc3F)C(=O)[C@@H]2C2COC2)ccc1Cl. The first-order valence-corrected chi connectivity index (χ1v) is 9.85. The lowest BCUT2D eigenvalue weighted by atomic mass is 9.92. The molecular formula is C20H18Cl2FN3O3. The van der Waals surface area contributed by atoms with Crippen molar-refractivity contribution in [1.82, 2.24) is 9.88 Å². The number of carbonyl (C=O) groups is 2. The Hall–Kier alpha value is -2.22. The summed E-state index contributed by atoms with van der Waals surface area (Å²) < 4.78 is 19.6. The Labute approximate surface area is 177 Å². The number of rotatable bonds is 4. The van der Waals surface area contributed by atoms with Crippen LogP contribution in [0.5, 0.6) is 0 Å². The van der Waals surface area contributed by atoms with Crippen LogP contribution in [-0.2, 0) is 20.9 Å². The lowest BCUT2D eigenvalue weighted by Crippen LogP contribution is -2.65. The van der Waals surface area contributed by atoms with Crippen LogP contribution in [0.1, 0.15) is 11.1 Å². The van der Waals surface area contributed by atoms with Gasteiger partial charge in [0.05, 0.1) is 18.2 Å². The summed E-state index contributed by atoms with van der Waals surface area (Å²) in [6, 6.07) is 5.81. The molecule has 0 spiro atoms. The van der Waals surface area contributed by atoms with E-state index in [0.717, 1.165) is 22.1 Å². The molecule has 2 amide bonds. The topological polar surface area (TPSA) is 62.7 Å². The molecule has 3 heterocycles. The number of aromatic nitrogens is 1. The number of anilines is 1. The molecule has 0 aliphatic carbocycles. The summed E-state index contributed by atoms with van der Waals surface area (Å²) in [4.78, 5) is 32.9. The molecule has 2 fully saturated rings. The summed E-state index contributed by atoms with van der Waals surface area (Å²) in [6.45, 7) is 2.58. The van der Waals surface area contributed by atoms with Crippen LogP contribution >= 0.6 is 23.2 Å². The van der Waals surface area contributed by atoms with Crippen molar-refractivity contribution in [3.63, 3.8) is 0 Å². The van der Waals surface area contributed by atoms with Gasteiger partial charge in [-0.3, -0.25) is 14.5 Å².